The molecule has 2 amide bonds. The van der Waals surface area contributed by atoms with Gasteiger partial charge in [0.25, 0.3) is 0 Å². The van der Waals surface area contributed by atoms with Crippen LogP contribution < -0.4 is 5.32 Å². The first kappa shape index (κ1) is 16.2. The normalized spacial score (nSPS) is 18.1. The molecule has 1 atom stereocenters. The van der Waals surface area contributed by atoms with Crippen LogP contribution in [0.3, 0.4) is 0 Å². The fraction of sp³-hybridized carbons (Fsp3) is 0.389. The van der Waals surface area contributed by atoms with Crippen LogP contribution in [0.2, 0.25) is 0 Å². The van der Waals surface area contributed by atoms with Crippen molar-refractivity contribution in [2.24, 2.45) is 0 Å². The van der Waals surface area contributed by atoms with Gasteiger partial charge in [0.15, 0.2) is 0 Å². The zero-order valence-corrected chi connectivity index (χ0v) is 13.7. The predicted octanol–water partition coefficient (Wildman–Crippen LogP) is 1.49. The molecule has 1 aromatic carbocycles. The Bertz CT molecular complexity index is 711. The Kier molecular flexibility index (Phi) is 4.93. The van der Waals surface area contributed by atoms with Gasteiger partial charge in [-0.15, -0.1) is 0 Å². The van der Waals surface area contributed by atoms with E-state index >= 15 is 0 Å². The molecule has 6 heteroatoms. The van der Waals surface area contributed by atoms with Crippen LogP contribution in [0.5, 0.6) is 0 Å². The average molecular weight is 327 g/mol. The summed E-state index contributed by atoms with van der Waals surface area (Å²) in [7, 11) is 0. The molecular weight excluding hydrogens is 306 g/mol. The highest BCUT2D eigenvalue weighted by atomic mass is 16.5. The van der Waals surface area contributed by atoms with E-state index in [4.69, 9.17) is 4.52 Å². The number of nitrogens with one attached hydrogen (secondary N) is 1. The molecule has 0 bridgehead atoms. The second-order valence-electron chi connectivity index (χ2n) is 6.05. The van der Waals surface area contributed by atoms with Crippen molar-refractivity contribution in [2.45, 2.75) is 32.2 Å². The SMILES string of the molecule is Cc1cc(CC(=O)N2CCCNC(=O)C2Cc2ccccc2)on1. The van der Waals surface area contributed by atoms with E-state index < -0.39 is 6.04 Å². The van der Waals surface area contributed by atoms with Gasteiger partial charge in [-0.3, -0.25) is 9.59 Å². The summed E-state index contributed by atoms with van der Waals surface area (Å²) in [4.78, 5) is 26.9. The van der Waals surface area contributed by atoms with E-state index in [1.54, 1.807) is 11.0 Å². The Morgan fingerprint density at radius 1 is 1.38 bits per heavy atom. The Balaban J connectivity index is 1.78. The monoisotopic (exact) mass is 327 g/mol. The van der Waals surface area contributed by atoms with Crippen LogP contribution >= 0.6 is 0 Å². The predicted molar refractivity (Wildman–Crippen MR) is 88.2 cm³/mol. The van der Waals surface area contributed by atoms with Gasteiger partial charge in [-0.05, 0) is 18.9 Å². The molecule has 126 valence electrons. The summed E-state index contributed by atoms with van der Waals surface area (Å²) in [6.45, 7) is 2.96. The van der Waals surface area contributed by atoms with E-state index in [1.165, 1.54) is 0 Å². The van der Waals surface area contributed by atoms with Gasteiger partial charge in [0, 0.05) is 25.6 Å². The van der Waals surface area contributed by atoms with Crippen LogP contribution in [0.15, 0.2) is 40.9 Å². The number of nitrogens with zero attached hydrogens (tertiary/aromatic N) is 2. The molecule has 1 N–H and O–H groups in total. The molecule has 1 aromatic heterocycles. The molecule has 3 rings (SSSR count). The number of carbonyl (C=O) groups excluding carboxylic acids is 2. The largest absolute Gasteiger partial charge is 0.361 e. The zero-order chi connectivity index (χ0) is 16.9. The Morgan fingerprint density at radius 3 is 2.88 bits per heavy atom. The third-order valence-corrected chi connectivity index (χ3v) is 4.15. The minimum Gasteiger partial charge on any atom is -0.361 e. The fourth-order valence-corrected chi connectivity index (χ4v) is 2.97. The third kappa shape index (κ3) is 3.82. The average Bonchev–Trinajstić information content (AvgIpc) is 2.89. The summed E-state index contributed by atoms with van der Waals surface area (Å²) in [6, 6.07) is 11.0. The van der Waals surface area contributed by atoms with Crippen molar-refractivity contribution in [2.75, 3.05) is 13.1 Å². The van der Waals surface area contributed by atoms with Gasteiger partial charge in [0.1, 0.15) is 11.8 Å². The fourth-order valence-electron chi connectivity index (χ4n) is 2.97. The lowest BCUT2D eigenvalue weighted by Crippen LogP contribution is -2.49. The second kappa shape index (κ2) is 7.29. The van der Waals surface area contributed by atoms with Gasteiger partial charge in [-0.2, -0.15) is 0 Å². The molecule has 0 saturated carbocycles. The van der Waals surface area contributed by atoms with Crippen molar-refractivity contribution >= 4 is 11.8 Å². The number of rotatable bonds is 4. The van der Waals surface area contributed by atoms with Crippen molar-refractivity contribution in [1.29, 1.82) is 0 Å². The number of carbonyl (C=O) groups is 2. The lowest BCUT2D eigenvalue weighted by atomic mass is 10.0. The molecule has 1 fully saturated rings. The van der Waals surface area contributed by atoms with Gasteiger partial charge in [-0.1, -0.05) is 35.5 Å². The number of hydrogen-bond donors (Lipinski definition) is 1. The van der Waals surface area contributed by atoms with Crippen molar-refractivity contribution < 1.29 is 14.1 Å². The molecule has 0 spiro atoms. The van der Waals surface area contributed by atoms with E-state index in [-0.39, 0.29) is 18.2 Å². The van der Waals surface area contributed by atoms with Crippen molar-refractivity contribution in [3.05, 3.63) is 53.4 Å². The van der Waals surface area contributed by atoms with Gasteiger partial charge in [0.05, 0.1) is 12.1 Å². The molecular formula is C18H21N3O3. The standard InChI is InChI=1S/C18H21N3O3/c1-13-10-15(24-20-13)12-17(22)21-9-5-8-19-18(23)16(21)11-14-6-3-2-4-7-14/h2-4,6-7,10,16H,5,8-9,11-12H2,1H3,(H,19,23). The summed E-state index contributed by atoms with van der Waals surface area (Å²) < 4.78 is 5.14. The number of amides is 2. The molecule has 1 aliphatic heterocycles. The number of aromatic nitrogens is 1. The first-order chi connectivity index (χ1) is 11.6. The number of benzene rings is 1. The molecule has 2 aromatic rings. The van der Waals surface area contributed by atoms with Gasteiger partial charge < -0.3 is 14.7 Å². The topological polar surface area (TPSA) is 75.4 Å². The molecule has 0 radical (unpaired) electrons. The van der Waals surface area contributed by atoms with E-state index in [2.05, 4.69) is 10.5 Å². The first-order valence-corrected chi connectivity index (χ1v) is 8.17. The minimum atomic E-state index is -0.494. The van der Waals surface area contributed by atoms with Gasteiger partial charge in [0.2, 0.25) is 11.8 Å². The second-order valence-corrected chi connectivity index (χ2v) is 6.05. The van der Waals surface area contributed by atoms with E-state index in [0.29, 0.717) is 25.3 Å². The van der Waals surface area contributed by atoms with Crippen LogP contribution in [-0.2, 0) is 22.4 Å². The lowest BCUT2D eigenvalue weighted by Gasteiger charge is -2.28. The highest BCUT2D eigenvalue weighted by molar-refractivity contribution is 5.89. The van der Waals surface area contributed by atoms with Crippen LogP contribution in [-0.4, -0.2) is 41.0 Å². The smallest absolute Gasteiger partial charge is 0.243 e. The Hall–Kier alpha value is -2.63. The summed E-state index contributed by atoms with van der Waals surface area (Å²) in [5.74, 6) is 0.322. The van der Waals surface area contributed by atoms with Crippen LogP contribution in [0.4, 0.5) is 0 Å². The highest BCUT2D eigenvalue weighted by Gasteiger charge is 2.32. The summed E-state index contributed by atoms with van der Waals surface area (Å²) in [5, 5.41) is 6.71. The van der Waals surface area contributed by atoms with Gasteiger partial charge in [-0.25, -0.2) is 0 Å². The Labute approximate surface area is 140 Å². The molecule has 0 aliphatic carbocycles. The molecule has 2 heterocycles. The maximum Gasteiger partial charge on any atom is 0.243 e. The quantitative estimate of drug-likeness (QED) is 0.923. The lowest BCUT2D eigenvalue weighted by molar-refractivity contribution is -0.139. The molecule has 1 unspecified atom stereocenters. The van der Waals surface area contributed by atoms with Crippen molar-refractivity contribution in [1.82, 2.24) is 15.4 Å². The molecule has 1 aliphatic rings. The minimum absolute atomic E-state index is 0.0987. The van der Waals surface area contributed by atoms with Crippen molar-refractivity contribution in [3.63, 3.8) is 0 Å². The summed E-state index contributed by atoms with van der Waals surface area (Å²) >= 11 is 0. The maximum absolute atomic E-state index is 12.7. The van der Waals surface area contributed by atoms with Gasteiger partial charge >= 0.3 is 0 Å². The van der Waals surface area contributed by atoms with Crippen LogP contribution in [0.25, 0.3) is 0 Å². The molecule has 1 saturated heterocycles. The van der Waals surface area contributed by atoms with E-state index in [9.17, 15) is 9.59 Å². The number of hydrogen-bond acceptors (Lipinski definition) is 4. The molecule has 6 nitrogen and oxygen atoms in total. The molecule has 24 heavy (non-hydrogen) atoms. The first-order valence-electron chi connectivity index (χ1n) is 8.17. The van der Waals surface area contributed by atoms with E-state index in [1.807, 2.05) is 37.3 Å². The maximum atomic E-state index is 12.7. The number of aryl methyl sites for hydroxylation is 1. The summed E-state index contributed by atoms with van der Waals surface area (Å²) in [6.07, 6.45) is 1.38. The van der Waals surface area contributed by atoms with Crippen molar-refractivity contribution in [3.8, 4) is 0 Å². The zero-order valence-electron chi connectivity index (χ0n) is 13.7. The Morgan fingerprint density at radius 2 is 2.17 bits per heavy atom. The highest BCUT2D eigenvalue weighted by Crippen LogP contribution is 2.15. The summed E-state index contributed by atoms with van der Waals surface area (Å²) in [5.41, 5.74) is 1.78. The third-order valence-electron chi connectivity index (χ3n) is 4.15. The van der Waals surface area contributed by atoms with Crippen LogP contribution in [0.1, 0.15) is 23.4 Å². The van der Waals surface area contributed by atoms with E-state index in [0.717, 1.165) is 17.7 Å². The van der Waals surface area contributed by atoms with Crippen LogP contribution in [0, 0.1) is 6.92 Å².